The molecule has 0 unspecified atom stereocenters. The molecule has 0 spiro atoms. The summed E-state index contributed by atoms with van der Waals surface area (Å²) in [5, 5.41) is 3.16. The fourth-order valence-electron chi connectivity index (χ4n) is 1.72. The number of rotatable bonds is 5. The van der Waals surface area contributed by atoms with Gasteiger partial charge in [-0.1, -0.05) is 24.8 Å². The van der Waals surface area contributed by atoms with Gasteiger partial charge in [0.25, 0.3) is 0 Å². The Kier molecular flexibility index (Phi) is 4.93. The zero-order chi connectivity index (χ0) is 13.7. The standard InChI is InChI=1S/C15H15F2NS/c1-2-18-10-11-6-13(17)9-15(7-11)19-14-5-3-4-12(16)8-14/h3-9,18H,2,10H2,1H3. The summed E-state index contributed by atoms with van der Waals surface area (Å²) in [5.41, 5.74) is 0.890. The van der Waals surface area contributed by atoms with Gasteiger partial charge in [-0.15, -0.1) is 0 Å². The summed E-state index contributed by atoms with van der Waals surface area (Å²) >= 11 is 1.36. The predicted octanol–water partition coefficient (Wildman–Crippen LogP) is 4.23. The largest absolute Gasteiger partial charge is 0.313 e. The fourth-order valence-corrected chi connectivity index (χ4v) is 2.69. The molecule has 0 radical (unpaired) electrons. The Bertz CT molecular complexity index is 558. The Labute approximate surface area is 116 Å². The van der Waals surface area contributed by atoms with Gasteiger partial charge in [0.2, 0.25) is 0 Å². The zero-order valence-corrected chi connectivity index (χ0v) is 11.4. The van der Waals surface area contributed by atoms with E-state index in [0.717, 1.165) is 21.9 Å². The van der Waals surface area contributed by atoms with Gasteiger partial charge in [0.15, 0.2) is 0 Å². The number of hydrogen-bond acceptors (Lipinski definition) is 2. The highest BCUT2D eigenvalue weighted by atomic mass is 32.2. The van der Waals surface area contributed by atoms with Gasteiger partial charge in [0.05, 0.1) is 0 Å². The summed E-state index contributed by atoms with van der Waals surface area (Å²) in [6, 6.07) is 11.2. The fraction of sp³-hybridized carbons (Fsp3) is 0.200. The molecule has 2 aromatic carbocycles. The SMILES string of the molecule is CCNCc1cc(F)cc(Sc2cccc(F)c2)c1. The number of hydrogen-bond donors (Lipinski definition) is 1. The van der Waals surface area contributed by atoms with Crippen LogP contribution in [0.25, 0.3) is 0 Å². The quantitative estimate of drug-likeness (QED) is 0.879. The first-order valence-corrected chi connectivity index (χ1v) is 6.92. The molecule has 0 atom stereocenters. The van der Waals surface area contributed by atoms with Gasteiger partial charge >= 0.3 is 0 Å². The summed E-state index contributed by atoms with van der Waals surface area (Å²) in [6.07, 6.45) is 0. The molecule has 0 aliphatic heterocycles. The number of benzene rings is 2. The molecule has 0 aliphatic rings. The Morgan fingerprint density at radius 2 is 1.79 bits per heavy atom. The third-order valence-corrected chi connectivity index (χ3v) is 3.50. The van der Waals surface area contributed by atoms with E-state index in [1.54, 1.807) is 6.07 Å². The molecule has 1 nitrogen and oxygen atoms in total. The molecule has 0 heterocycles. The second-order valence-corrected chi connectivity index (χ2v) is 5.28. The molecule has 100 valence electrons. The highest BCUT2D eigenvalue weighted by Crippen LogP contribution is 2.29. The number of nitrogens with one attached hydrogen (secondary N) is 1. The third-order valence-electron chi connectivity index (χ3n) is 2.54. The lowest BCUT2D eigenvalue weighted by Crippen LogP contribution is -2.11. The van der Waals surface area contributed by atoms with Crippen LogP contribution < -0.4 is 5.32 Å². The topological polar surface area (TPSA) is 12.0 Å². The van der Waals surface area contributed by atoms with E-state index in [-0.39, 0.29) is 11.6 Å². The Balaban J connectivity index is 2.17. The molecular formula is C15H15F2NS. The summed E-state index contributed by atoms with van der Waals surface area (Å²) in [7, 11) is 0. The minimum atomic E-state index is -0.283. The van der Waals surface area contributed by atoms with Crippen LogP contribution in [0.1, 0.15) is 12.5 Å². The summed E-state index contributed by atoms with van der Waals surface area (Å²) < 4.78 is 26.6. The van der Waals surface area contributed by atoms with Crippen LogP contribution in [0, 0.1) is 11.6 Å². The lowest BCUT2D eigenvalue weighted by molar-refractivity contribution is 0.617. The molecule has 0 aromatic heterocycles. The van der Waals surface area contributed by atoms with Crippen LogP contribution in [0.3, 0.4) is 0 Å². The normalized spacial score (nSPS) is 10.7. The van der Waals surface area contributed by atoms with Crippen molar-refractivity contribution in [1.29, 1.82) is 0 Å². The summed E-state index contributed by atoms with van der Waals surface area (Å²) in [6.45, 7) is 3.47. The van der Waals surface area contributed by atoms with Crippen molar-refractivity contribution in [3.05, 3.63) is 59.7 Å². The van der Waals surface area contributed by atoms with Gasteiger partial charge in [-0.3, -0.25) is 0 Å². The lowest BCUT2D eigenvalue weighted by Gasteiger charge is -2.07. The minimum absolute atomic E-state index is 0.269. The molecule has 0 bridgehead atoms. The molecule has 19 heavy (non-hydrogen) atoms. The van der Waals surface area contributed by atoms with Crippen molar-refractivity contribution in [2.45, 2.75) is 23.3 Å². The van der Waals surface area contributed by atoms with E-state index in [1.165, 1.54) is 36.0 Å². The van der Waals surface area contributed by atoms with Crippen LogP contribution in [-0.4, -0.2) is 6.54 Å². The van der Waals surface area contributed by atoms with Crippen LogP contribution in [-0.2, 0) is 6.54 Å². The maximum absolute atomic E-state index is 13.5. The molecule has 2 rings (SSSR count). The second-order valence-electron chi connectivity index (χ2n) is 4.13. The maximum atomic E-state index is 13.5. The molecule has 1 N–H and O–H groups in total. The Morgan fingerprint density at radius 1 is 1.00 bits per heavy atom. The van der Waals surface area contributed by atoms with Gasteiger partial charge in [0.1, 0.15) is 11.6 Å². The van der Waals surface area contributed by atoms with Gasteiger partial charge in [-0.2, -0.15) is 0 Å². The average Bonchev–Trinajstić information content (AvgIpc) is 2.35. The average molecular weight is 279 g/mol. The van der Waals surface area contributed by atoms with Gasteiger partial charge in [-0.05, 0) is 48.5 Å². The van der Waals surface area contributed by atoms with Crippen molar-refractivity contribution in [3.63, 3.8) is 0 Å². The molecular weight excluding hydrogens is 264 g/mol. The number of halogens is 2. The van der Waals surface area contributed by atoms with Crippen molar-refractivity contribution in [1.82, 2.24) is 5.32 Å². The van der Waals surface area contributed by atoms with Gasteiger partial charge in [0, 0.05) is 16.3 Å². The summed E-state index contributed by atoms with van der Waals surface area (Å²) in [4.78, 5) is 1.54. The van der Waals surface area contributed by atoms with Crippen molar-refractivity contribution in [2.24, 2.45) is 0 Å². The molecule has 0 saturated heterocycles. The van der Waals surface area contributed by atoms with Crippen LogP contribution in [0.15, 0.2) is 52.3 Å². The van der Waals surface area contributed by atoms with E-state index in [0.29, 0.717) is 6.54 Å². The summed E-state index contributed by atoms with van der Waals surface area (Å²) in [5.74, 6) is -0.552. The third kappa shape index (κ3) is 4.33. The molecule has 4 heteroatoms. The minimum Gasteiger partial charge on any atom is -0.313 e. The molecule has 0 amide bonds. The van der Waals surface area contributed by atoms with Crippen molar-refractivity contribution < 1.29 is 8.78 Å². The van der Waals surface area contributed by atoms with Crippen LogP contribution in [0.5, 0.6) is 0 Å². The van der Waals surface area contributed by atoms with E-state index in [4.69, 9.17) is 0 Å². The molecule has 0 saturated carbocycles. The zero-order valence-electron chi connectivity index (χ0n) is 10.6. The predicted molar refractivity (Wildman–Crippen MR) is 74.3 cm³/mol. The van der Waals surface area contributed by atoms with E-state index in [1.807, 2.05) is 19.1 Å². The first-order chi connectivity index (χ1) is 9.17. The first-order valence-electron chi connectivity index (χ1n) is 6.11. The van der Waals surface area contributed by atoms with Crippen LogP contribution in [0.4, 0.5) is 8.78 Å². The van der Waals surface area contributed by atoms with E-state index >= 15 is 0 Å². The second kappa shape index (κ2) is 6.68. The van der Waals surface area contributed by atoms with E-state index in [9.17, 15) is 8.78 Å². The smallest absolute Gasteiger partial charge is 0.124 e. The maximum Gasteiger partial charge on any atom is 0.124 e. The van der Waals surface area contributed by atoms with Gasteiger partial charge in [-0.25, -0.2) is 8.78 Å². The Hall–Kier alpha value is -1.39. The van der Waals surface area contributed by atoms with Crippen molar-refractivity contribution in [3.8, 4) is 0 Å². The monoisotopic (exact) mass is 279 g/mol. The van der Waals surface area contributed by atoms with Crippen LogP contribution >= 0.6 is 11.8 Å². The Morgan fingerprint density at radius 3 is 2.53 bits per heavy atom. The molecule has 0 fully saturated rings. The lowest BCUT2D eigenvalue weighted by atomic mass is 10.2. The first kappa shape index (κ1) is 14.0. The van der Waals surface area contributed by atoms with Crippen LogP contribution in [0.2, 0.25) is 0 Å². The van der Waals surface area contributed by atoms with E-state index < -0.39 is 0 Å². The van der Waals surface area contributed by atoms with Crippen molar-refractivity contribution >= 4 is 11.8 Å². The van der Waals surface area contributed by atoms with E-state index in [2.05, 4.69) is 5.32 Å². The van der Waals surface area contributed by atoms with Gasteiger partial charge < -0.3 is 5.32 Å². The highest BCUT2D eigenvalue weighted by Gasteiger charge is 2.04. The highest BCUT2D eigenvalue weighted by molar-refractivity contribution is 7.99. The van der Waals surface area contributed by atoms with Crippen molar-refractivity contribution in [2.75, 3.05) is 6.54 Å². The molecule has 2 aromatic rings. The molecule has 0 aliphatic carbocycles.